The normalized spacial score (nSPS) is 24.1. The summed E-state index contributed by atoms with van der Waals surface area (Å²) in [5.41, 5.74) is 2.93. The highest BCUT2D eigenvalue weighted by molar-refractivity contribution is 7.08. The Kier molecular flexibility index (Phi) is 2.30. The molecule has 1 aromatic heterocycles. The van der Waals surface area contributed by atoms with Gasteiger partial charge in [-0.25, -0.2) is 0 Å². The highest BCUT2D eigenvalue weighted by Crippen LogP contribution is 2.54. The standard InChI is InChI=1S/C13H11ClS/c14-11-3-1-9(2-4-11)12-7-13(12)10-5-6-15-8-10/h1-6,8,12-13H,7H2. The van der Waals surface area contributed by atoms with Gasteiger partial charge in [0.15, 0.2) is 0 Å². The highest BCUT2D eigenvalue weighted by atomic mass is 35.5. The zero-order valence-electron chi connectivity index (χ0n) is 8.19. The summed E-state index contributed by atoms with van der Waals surface area (Å²) in [6.45, 7) is 0. The molecule has 76 valence electrons. The Balaban J connectivity index is 1.79. The second-order valence-electron chi connectivity index (χ2n) is 4.06. The molecule has 2 heteroatoms. The van der Waals surface area contributed by atoms with Crippen molar-refractivity contribution in [1.29, 1.82) is 0 Å². The fourth-order valence-corrected chi connectivity index (χ4v) is 2.98. The molecule has 0 amide bonds. The van der Waals surface area contributed by atoms with Gasteiger partial charge in [-0.05, 0) is 58.3 Å². The molecule has 1 aliphatic carbocycles. The molecule has 1 saturated carbocycles. The van der Waals surface area contributed by atoms with E-state index in [1.807, 2.05) is 12.1 Å². The summed E-state index contributed by atoms with van der Waals surface area (Å²) in [4.78, 5) is 0. The zero-order chi connectivity index (χ0) is 10.3. The average Bonchev–Trinajstić information content (AvgIpc) is 2.87. The van der Waals surface area contributed by atoms with Crippen LogP contribution in [-0.2, 0) is 0 Å². The van der Waals surface area contributed by atoms with Crippen molar-refractivity contribution in [1.82, 2.24) is 0 Å². The molecule has 3 rings (SSSR count). The first kappa shape index (κ1) is 9.44. The lowest BCUT2D eigenvalue weighted by molar-refractivity contribution is 1.03. The van der Waals surface area contributed by atoms with Crippen LogP contribution in [0.2, 0.25) is 5.02 Å². The molecule has 1 aromatic carbocycles. The minimum Gasteiger partial charge on any atom is -0.152 e. The Bertz CT molecular complexity index is 444. The molecule has 15 heavy (non-hydrogen) atoms. The third kappa shape index (κ3) is 1.82. The number of thiophene rings is 1. The van der Waals surface area contributed by atoms with Gasteiger partial charge < -0.3 is 0 Å². The molecule has 2 unspecified atom stereocenters. The summed E-state index contributed by atoms with van der Waals surface area (Å²) >= 11 is 7.66. The van der Waals surface area contributed by atoms with E-state index in [4.69, 9.17) is 11.6 Å². The number of benzene rings is 1. The van der Waals surface area contributed by atoms with E-state index in [1.165, 1.54) is 17.5 Å². The summed E-state index contributed by atoms with van der Waals surface area (Å²) in [6, 6.07) is 10.5. The molecule has 0 radical (unpaired) electrons. The SMILES string of the molecule is Clc1ccc(C2CC2c2ccsc2)cc1. The van der Waals surface area contributed by atoms with Crippen LogP contribution in [0.4, 0.5) is 0 Å². The van der Waals surface area contributed by atoms with E-state index in [-0.39, 0.29) is 0 Å². The molecule has 1 fully saturated rings. The van der Waals surface area contributed by atoms with E-state index in [1.54, 1.807) is 11.3 Å². The maximum absolute atomic E-state index is 5.87. The van der Waals surface area contributed by atoms with Crippen LogP contribution in [0, 0.1) is 0 Å². The van der Waals surface area contributed by atoms with Crippen molar-refractivity contribution in [3.8, 4) is 0 Å². The van der Waals surface area contributed by atoms with Crippen LogP contribution in [0.3, 0.4) is 0 Å². The van der Waals surface area contributed by atoms with Gasteiger partial charge in [-0.3, -0.25) is 0 Å². The van der Waals surface area contributed by atoms with Crippen LogP contribution in [0.1, 0.15) is 29.4 Å². The van der Waals surface area contributed by atoms with Gasteiger partial charge in [0.2, 0.25) is 0 Å². The lowest BCUT2D eigenvalue weighted by Gasteiger charge is -1.99. The van der Waals surface area contributed by atoms with E-state index in [0.29, 0.717) is 0 Å². The first-order valence-electron chi connectivity index (χ1n) is 5.12. The minimum absolute atomic E-state index is 0.719. The van der Waals surface area contributed by atoms with Crippen LogP contribution >= 0.6 is 22.9 Å². The van der Waals surface area contributed by atoms with Crippen LogP contribution < -0.4 is 0 Å². The van der Waals surface area contributed by atoms with Gasteiger partial charge in [0.25, 0.3) is 0 Å². The molecular weight excluding hydrogens is 224 g/mol. The van der Waals surface area contributed by atoms with Gasteiger partial charge in [0.05, 0.1) is 0 Å². The van der Waals surface area contributed by atoms with Crippen molar-refractivity contribution >= 4 is 22.9 Å². The van der Waals surface area contributed by atoms with Crippen molar-refractivity contribution in [2.75, 3.05) is 0 Å². The van der Waals surface area contributed by atoms with E-state index in [9.17, 15) is 0 Å². The van der Waals surface area contributed by atoms with Crippen molar-refractivity contribution < 1.29 is 0 Å². The fourth-order valence-electron chi connectivity index (χ4n) is 2.13. The Morgan fingerprint density at radius 2 is 1.73 bits per heavy atom. The van der Waals surface area contributed by atoms with Gasteiger partial charge in [0.1, 0.15) is 0 Å². The summed E-state index contributed by atoms with van der Waals surface area (Å²) in [5.74, 6) is 1.47. The van der Waals surface area contributed by atoms with Gasteiger partial charge in [0, 0.05) is 5.02 Å². The van der Waals surface area contributed by atoms with E-state index < -0.39 is 0 Å². The quantitative estimate of drug-likeness (QED) is 0.708. The molecule has 0 nitrogen and oxygen atoms in total. The minimum atomic E-state index is 0.719. The maximum atomic E-state index is 5.87. The second-order valence-corrected chi connectivity index (χ2v) is 5.27. The maximum Gasteiger partial charge on any atom is 0.0406 e. The van der Waals surface area contributed by atoms with Crippen molar-refractivity contribution in [3.63, 3.8) is 0 Å². The molecule has 1 aliphatic rings. The Hall–Kier alpha value is -0.790. The lowest BCUT2D eigenvalue weighted by Crippen LogP contribution is -1.81. The molecular formula is C13H11ClS. The molecule has 0 saturated heterocycles. The number of rotatable bonds is 2. The molecule has 2 atom stereocenters. The average molecular weight is 235 g/mol. The van der Waals surface area contributed by atoms with Gasteiger partial charge >= 0.3 is 0 Å². The highest BCUT2D eigenvalue weighted by Gasteiger charge is 2.39. The molecule has 0 N–H and O–H groups in total. The largest absolute Gasteiger partial charge is 0.152 e. The van der Waals surface area contributed by atoms with Crippen molar-refractivity contribution in [3.05, 3.63) is 57.2 Å². The monoisotopic (exact) mass is 234 g/mol. The number of hydrogen-bond acceptors (Lipinski definition) is 1. The fraction of sp³-hybridized carbons (Fsp3) is 0.231. The first-order valence-corrected chi connectivity index (χ1v) is 6.44. The number of hydrogen-bond donors (Lipinski definition) is 0. The van der Waals surface area contributed by atoms with Gasteiger partial charge in [-0.15, -0.1) is 0 Å². The van der Waals surface area contributed by atoms with Crippen molar-refractivity contribution in [2.24, 2.45) is 0 Å². The first-order chi connectivity index (χ1) is 7.34. The van der Waals surface area contributed by atoms with Crippen LogP contribution in [0.25, 0.3) is 0 Å². The molecule has 0 spiro atoms. The number of halogens is 1. The third-order valence-corrected chi connectivity index (χ3v) is 4.01. The predicted molar refractivity (Wildman–Crippen MR) is 65.9 cm³/mol. The molecule has 0 bridgehead atoms. The Labute approximate surface area is 98.5 Å². The van der Waals surface area contributed by atoms with E-state index >= 15 is 0 Å². The van der Waals surface area contributed by atoms with Crippen LogP contribution in [0.5, 0.6) is 0 Å². The zero-order valence-corrected chi connectivity index (χ0v) is 9.76. The molecule has 1 heterocycles. The van der Waals surface area contributed by atoms with Crippen molar-refractivity contribution in [2.45, 2.75) is 18.3 Å². The van der Waals surface area contributed by atoms with E-state index in [0.717, 1.165) is 16.9 Å². The smallest absolute Gasteiger partial charge is 0.0406 e. The Morgan fingerprint density at radius 1 is 1.00 bits per heavy atom. The summed E-state index contributed by atoms with van der Waals surface area (Å²) in [5, 5.41) is 5.25. The van der Waals surface area contributed by atoms with Gasteiger partial charge in [-0.1, -0.05) is 23.7 Å². The topological polar surface area (TPSA) is 0 Å². The predicted octanol–water partition coefficient (Wildman–Crippen LogP) is 4.67. The molecule has 2 aromatic rings. The van der Waals surface area contributed by atoms with Crippen LogP contribution in [0.15, 0.2) is 41.1 Å². The third-order valence-electron chi connectivity index (χ3n) is 3.06. The van der Waals surface area contributed by atoms with Gasteiger partial charge in [-0.2, -0.15) is 11.3 Å². The summed E-state index contributed by atoms with van der Waals surface area (Å²) in [6.07, 6.45) is 1.29. The summed E-state index contributed by atoms with van der Waals surface area (Å²) in [7, 11) is 0. The van der Waals surface area contributed by atoms with Crippen LogP contribution in [-0.4, -0.2) is 0 Å². The Morgan fingerprint density at radius 3 is 2.40 bits per heavy atom. The summed E-state index contributed by atoms with van der Waals surface area (Å²) < 4.78 is 0. The second kappa shape index (κ2) is 3.66. The molecule has 0 aliphatic heterocycles. The van der Waals surface area contributed by atoms with E-state index in [2.05, 4.69) is 29.0 Å². The lowest BCUT2D eigenvalue weighted by atomic mass is 10.1.